The molecule has 1 aromatic carbocycles. The molecule has 0 aliphatic heterocycles. The molecule has 8 nitrogen and oxygen atoms in total. The molecule has 9 heteroatoms. The van der Waals surface area contributed by atoms with Crippen LogP contribution < -0.4 is 0 Å². The summed E-state index contributed by atoms with van der Waals surface area (Å²) in [5.74, 6) is -4.75. The largest absolute Gasteiger partial charge is 0.479 e. The van der Waals surface area contributed by atoms with Crippen molar-refractivity contribution in [2.45, 2.75) is 12.6 Å². The molecule has 0 aliphatic carbocycles. The number of carboxylic acids is 2. The van der Waals surface area contributed by atoms with Gasteiger partial charge in [-0.1, -0.05) is 30.3 Å². The summed E-state index contributed by atoms with van der Waals surface area (Å²) in [6.45, 7) is -0.351. The van der Waals surface area contributed by atoms with Crippen LogP contribution in [0.15, 0.2) is 30.3 Å². The first-order chi connectivity index (χ1) is 9.82. The van der Waals surface area contributed by atoms with Gasteiger partial charge in [0.15, 0.2) is 0 Å². The molecule has 21 heavy (non-hydrogen) atoms. The Hall–Kier alpha value is -2.68. The zero-order chi connectivity index (χ0) is 16.0. The average molecular weight is 313 g/mol. The minimum Gasteiger partial charge on any atom is -0.479 e. The van der Waals surface area contributed by atoms with Gasteiger partial charge in [-0.05, 0) is 5.56 Å². The van der Waals surface area contributed by atoms with Crippen LogP contribution in [0.3, 0.4) is 0 Å². The van der Waals surface area contributed by atoms with Crippen LogP contribution in [-0.4, -0.2) is 52.8 Å². The monoisotopic (exact) mass is 313 g/mol. The van der Waals surface area contributed by atoms with E-state index in [1.807, 2.05) is 0 Å². The fourth-order valence-electron chi connectivity index (χ4n) is 1.60. The molecule has 0 aliphatic rings. The van der Waals surface area contributed by atoms with Crippen molar-refractivity contribution >= 4 is 33.5 Å². The zero-order valence-corrected chi connectivity index (χ0v) is 11.4. The van der Waals surface area contributed by atoms with E-state index in [0.717, 1.165) is 0 Å². The third kappa shape index (κ3) is 4.73. The van der Waals surface area contributed by atoms with Crippen LogP contribution in [0.4, 0.5) is 0 Å². The van der Waals surface area contributed by atoms with E-state index in [-0.39, 0.29) is 11.9 Å². The van der Waals surface area contributed by atoms with Crippen molar-refractivity contribution in [1.82, 2.24) is 4.90 Å². The predicted molar refractivity (Wildman–Crippen MR) is 71.0 cm³/mol. The highest BCUT2D eigenvalue weighted by molar-refractivity contribution is 7.73. The molecular formula is C12H11NO7S. The second-order valence-corrected chi connectivity index (χ2v) is 4.67. The maximum absolute atomic E-state index is 11.8. The van der Waals surface area contributed by atoms with Gasteiger partial charge in [0.2, 0.25) is 16.3 Å². The van der Waals surface area contributed by atoms with Gasteiger partial charge >= 0.3 is 11.9 Å². The van der Waals surface area contributed by atoms with Gasteiger partial charge in [0, 0.05) is 6.54 Å². The molecule has 1 rings (SSSR count). The lowest BCUT2D eigenvalue weighted by Gasteiger charge is -2.24. The first kappa shape index (κ1) is 16.4. The third-order valence-corrected chi connectivity index (χ3v) is 2.85. The van der Waals surface area contributed by atoms with E-state index in [9.17, 15) is 22.8 Å². The number of hydrogen-bond donors (Lipinski definition) is 2. The second-order valence-electron chi connectivity index (χ2n) is 3.91. The Balaban J connectivity index is 3.22. The van der Waals surface area contributed by atoms with E-state index in [2.05, 4.69) is 0 Å². The quantitative estimate of drug-likeness (QED) is 0.521. The van der Waals surface area contributed by atoms with Gasteiger partial charge < -0.3 is 15.1 Å². The fraction of sp³-hybridized carbons (Fsp3) is 0.167. The summed E-state index contributed by atoms with van der Waals surface area (Å²) >= 11 is 0. The minimum absolute atomic E-state index is 0.224. The molecule has 0 atom stereocenters. The molecule has 112 valence electrons. The van der Waals surface area contributed by atoms with Gasteiger partial charge in [-0.25, -0.2) is 9.59 Å². The lowest BCUT2D eigenvalue weighted by molar-refractivity contribution is -0.160. The number of carboxylic acid groups (broad SMARTS) is 2. The van der Waals surface area contributed by atoms with Gasteiger partial charge in [0.25, 0.3) is 5.91 Å². The number of nitrogens with zero attached hydrogens (tertiary/aromatic N) is 1. The Morgan fingerprint density at radius 1 is 1.10 bits per heavy atom. The van der Waals surface area contributed by atoms with E-state index < -0.39 is 34.2 Å². The number of hydrogen-bond acceptors (Lipinski definition) is 5. The number of carbonyl (C=O) groups excluding carboxylic acids is 1. The third-order valence-electron chi connectivity index (χ3n) is 2.46. The van der Waals surface area contributed by atoms with Crippen molar-refractivity contribution in [2.24, 2.45) is 0 Å². The Labute approximate surface area is 120 Å². The zero-order valence-electron chi connectivity index (χ0n) is 10.5. The van der Waals surface area contributed by atoms with Crippen LogP contribution >= 0.6 is 0 Å². The van der Waals surface area contributed by atoms with Gasteiger partial charge in [-0.3, -0.25) is 4.79 Å². The summed E-state index contributed by atoms with van der Waals surface area (Å²) in [7, 11) is -2.87. The first-order valence-electron chi connectivity index (χ1n) is 5.56. The maximum atomic E-state index is 11.8. The summed E-state index contributed by atoms with van der Waals surface area (Å²) in [6, 6.07) is 5.83. The maximum Gasteiger partial charge on any atom is 0.338 e. The Bertz CT molecular complexity index is 659. The molecule has 1 aromatic rings. The molecule has 0 heterocycles. The normalized spacial score (nSPS) is 9.95. The summed E-state index contributed by atoms with van der Waals surface area (Å²) in [5, 5.41) is 18.1. The van der Waals surface area contributed by atoms with Crippen molar-refractivity contribution < 1.29 is 33.0 Å². The van der Waals surface area contributed by atoms with Gasteiger partial charge in [0.05, 0.1) is 0 Å². The lowest BCUT2D eigenvalue weighted by Crippen LogP contribution is -2.49. The van der Waals surface area contributed by atoms with E-state index in [1.54, 1.807) is 30.3 Å². The van der Waals surface area contributed by atoms with E-state index in [1.165, 1.54) is 0 Å². The highest BCUT2D eigenvalue weighted by Crippen LogP contribution is 2.09. The van der Waals surface area contributed by atoms with Crippen LogP contribution in [-0.2, 0) is 31.2 Å². The van der Waals surface area contributed by atoms with Crippen molar-refractivity contribution in [1.29, 1.82) is 0 Å². The molecule has 0 saturated carbocycles. The standard InChI is InChI=1S/C12H11NO7S/c14-9(7-21(19)20)13(10(11(15)16)12(17)18)6-8-4-2-1-3-5-8/h1-5,7,10H,6H2,(H,15,16)(H,17,18). The van der Waals surface area contributed by atoms with E-state index in [4.69, 9.17) is 10.2 Å². The van der Waals surface area contributed by atoms with Gasteiger partial charge in [-0.15, -0.1) is 0 Å². The van der Waals surface area contributed by atoms with Crippen LogP contribution in [0.5, 0.6) is 0 Å². The molecule has 0 fully saturated rings. The van der Waals surface area contributed by atoms with Gasteiger partial charge in [0.1, 0.15) is 5.37 Å². The summed E-state index contributed by atoms with van der Waals surface area (Å²) < 4.78 is 21.1. The molecule has 0 aromatic heterocycles. The lowest BCUT2D eigenvalue weighted by atomic mass is 10.1. The SMILES string of the molecule is O=C(O)C(C(=O)O)N(Cc1ccccc1)C(=O)C=S(=O)=O. The van der Waals surface area contributed by atoms with E-state index >= 15 is 0 Å². The molecule has 0 unspecified atom stereocenters. The topological polar surface area (TPSA) is 129 Å². The minimum atomic E-state index is -2.87. The Morgan fingerprint density at radius 3 is 2.05 bits per heavy atom. The number of benzene rings is 1. The van der Waals surface area contributed by atoms with Crippen LogP contribution in [0.25, 0.3) is 0 Å². The van der Waals surface area contributed by atoms with Crippen molar-refractivity contribution in [2.75, 3.05) is 0 Å². The van der Waals surface area contributed by atoms with Crippen molar-refractivity contribution in [3.8, 4) is 0 Å². The van der Waals surface area contributed by atoms with Crippen LogP contribution in [0, 0.1) is 0 Å². The number of aliphatic carboxylic acids is 2. The Morgan fingerprint density at radius 2 is 1.62 bits per heavy atom. The molecule has 0 saturated heterocycles. The van der Waals surface area contributed by atoms with Gasteiger partial charge in [-0.2, -0.15) is 8.42 Å². The highest BCUT2D eigenvalue weighted by atomic mass is 32.2. The number of carbonyl (C=O) groups is 3. The fourth-order valence-corrected chi connectivity index (χ4v) is 1.90. The Kier molecular flexibility index (Phi) is 5.61. The number of rotatable bonds is 6. The molecule has 1 amide bonds. The van der Waals surface area contributed by atoms with Crippen LogP contribution in [0.2, 0.25) is 0 Å². The highest BCUT2D eigenvalue weighted by Gasteiger charge is 2.35. The molecule has 2 N–H and O–H groups in total. The second kappa shape index (κ2) is 7.20. The summed E-state index contributed by atoms with van der Waals surface area (Å²) in [4.78, 5) is 34.3. The van der Waals surface area contributed by atoms with Crippen molar-refractivity contribution in [3.63, 3.8) is 0 Å². The first-order valence-corrected chi connectivity index (χ1v) is 6.69. The summed E-state index contributed by atoms with van der Waals surface area (Å²) in [5.41, 5.74) is 0.462. The predicted octanol–water partition coefficient (Wildman–Crippen LogP) is -0.766. The molecule has 0 spiro atoms. The molecular weight excluding hydrogens is 302 g/mol. The van der Waals surface area contributed by atoms with E-state index in [0.29, 0.717) is 10.5 Å². The average Bonchev–Trinajstić information content (AvgIpc) is 2.37. The van der Waals surface area contributed by atoms with Crippen LogP contribution in [0.1, 0.15) is 5.56 Å². The number of amides is 1. The summed E-state index contributed by atoms with van der Waals surface area (Å²) in [6.07, 6.45) is 0. The smallest absolute Gasteiger partial charge is 0.338 e. The molecule has 0 bridgehead atoms. The van der Waals surface area contributed by atoms with Crippen molar-refractivity contribution in [3.05, 3.63) is 35.9 Å². The molecule has 0 radical (unpaired) electrons.